The molecule has 0 aliphatic carbocycles. The summed E-state index contributed by atoms with van der Waals surface area (Å²) in [6.07, 6.45) is 0.807. The fraction of sp³-hybridized carbons (Fsp3) is 0.105. The number of rotatable bonds is 9. The van der Waals surface area contributed by atoms with Crippen LogP contribution in [0.25, 0.3) is 33.4 Å². The summed E-state index contributed by atoms with van der Waals surface area (Å²) in [6, 6.07) is 43.6. The van der Waals surface area contributed by atoms with Gasteiger partial charge in [0.05, 0.1) is 0 Å². The number of ether oxygens (including phenoxy) is 2. The lowest BCUT2D eigenvalue weighted by Gasteiger charge is -2.28. The van der Waals surface area contributed by atoms with Crippen molar-refractivity contribution in [1.82, 2.24) is 9.97 Å². The van der Waals surface area contributed by atoms with Gasteiger partial charge in [0.15, 0.2) is 0 Å². The molecule has 0 radical (unpaired) electrons. The molecule has 218 valence electrons. The average molecular weight is 579 g/mol. The lowest BCUT2D eigenvalue weighted by molar-refractivity contribution is 0.118. The summed E-state index contributed by atoms with van der Waals surface area (Å²) in [5.74, 6) is 0.416. The fourth-order valence-corrected chi connectivity index (χ4v) is 5.84. The molecule has 1 aromatic heterocycles. The molecule has 0 saturated heterocycles. The quantitative estimate of drug-likeness (QED) is 0.180. The van der Waals surface area contributed by atoms with Crippen LogP contribution in [0.3, 0.4) is 0 Å². The number of nitrogens with zero attached hydrogens (tertiary/aromatic N) is 2. The third-order valence-corrected chi connectivity index (χ3v) is 7.88. The standard InChI is InChI=1S/C38H34N4O2/c1-43-35(29-18-9-16-27(22-29)25-12-5-3-6-13-25)32-21-11-20-31(33-24-41-38(40)42-37(33)39)34(32)36(44-2)30-19-10-17-28(23-30)26-14-7-4-8-15-26/h3-24,35-36H,1-2H3,(H4,39,40,41,42). The predicted molar refractivity (Wildman–Crippen MR) is 178 cm³/mol. The van der Waals surface area contributed by atoms with Crippen LogP contribution < -0.4 is 11.5 Å². The fourth-order valence-electron chi connectivity index (χ4n) is 5.84. The van der Waals surface area contributed by atoms with E-state index >= 15 is 0 Å². The van der Waals surface area contributed by atoms with Crippen molar-refractivity contribution in [1.29, 1.82) is 0 Å². The second-order valence-corrected chi connectivity index (χ2v) is 10.6. The van der Waals surface area contributed by atoms with E-state index in [-0.39, 0.29) is 5.95 Å². The predicted octanol–water partition coefficient (Wildman–Crippen LogP) is 8.11. The van der Waals surface area contributed by atoms with Gasteiger partial charge in [-0.2, -0.15) is 4.98 Å². The summed E-state index contributed by atoms with van der Waals surface area (Å²) in [5, 5.41) is 0. The summed E-state index contributed by atoms with van der Waals surface area (Å²) in [5.41, 5.74) is 22.2. The number of hydrogen-bond donors (Lipinski definition) is 2. The van der Waals surface area contributed by atoms with Gasteiger partial charge in [0.25, 0.3) is 0 Å². The Labute approximate surface area is 258 Å². The van der Waals surface area contributed by atoms with E-state index in [1.165, 1.54) is 0 Å². The number of nitrogens with two attached hydrogens (primary N) is 2. The first-order chi connectivity index (χ1) is 21.6. The van der Waals surface area contributed by atoms with E-state index in [0.29, 0.717) is 11.4 Å². The summed E-state index contributed by atoms with van der Waals surface area (Å²) < 4.78 is 12.6. The van der Waals surface area contributed by atoms with Crippen LogP contribution in [0, 0.1) is 0 Å². The van der Waals surface area contributed by atoms with Gasteiger partial charge in [-0.1, -0.05) is 115 Å². The maximum Gasteiger partial charge on any atom is 0.221 e. The molecule has 0 fully saturated rings. The zero-order valence-corrected chi connectivity index (χ0v) is 24.7. The summed E-state index contributed by atoms with van der Waals surface area (Å²) in [4.78, 5) is 8.55. The second kappa shape index (κ2) is 12.9. The van der Waals surface area contributed by atoms with Crippen molar-refractivity contribution < 1.29 is 9.47 Å². The van der Waals surface area contributed by atoms with Gasteiger partial charge in [-0.3, -0.25) is 0 Å². The van der Waals surface area contributed by atoms with Crippen molar-refractivity contribution in [3.05, 3.63) is 156 Å². The number of nitrogen functional groups attached to an aromatic ring is 2. The van der Waals surface area contributed by atoms with Gasteiger partial charge >= 0.3 is 0 Å². The van der Waals surface area contributed by atoms with Crippen LogP contribution in [0.5, 0.6) is 0 Å². The molecule has 2 atom stereocenters. The van der Waals surface area contributed by atoms with E-state index in [9.17, 15) is 0 Å². The molecule has 6 heteroatoms. The van der Waals surface area contributed by atoms with E-state index in [1.807, 2.05) is 48.5 Å². The summed E-state index contributed by atoms with van der Waals surface area (Å²) in [7, 11) is 3.45. The molecule has 44 heavy (non-hydrogen) atoms. The molecule has 5 aromatic carbocycles. The highest BCUT2D eigenvalue weighted by Crippen LogP contribution is 2.43. The van der Waals surface area contributed by atoms with Gasteiger partial charge in [-0.25, -0.2) is 4.98 Å². The minimum atomic E-state index is -0.461. The molecule has 6 aromatic rings. The smallest absolute Gasteiger partial charge is 0.221 e. The molecule has 0 amide bonds. The van der Waals surface area contributed by atoms with Crippen molar-refractivity contribution >= 4 is 11.8 Å². The van der Waals surface area contributed by atoms with Crippen LogP contribution in [0.4, 0.5) is 11.8 Å². The summed E-state index contributed by atoms with van der Waals surface area (Å²) in [6.45, 7) is 0. The van der Waals surface area contributed by atoms with E-state index in [1.54, 1.807) is 20.4 Å². The Balaban J connectivity index is 1.55. The van der Waals surface area contributed by atoms with Crippen LogP contribution in [0.2, 0.25) is 0 Å². The molecule has 6 rings (SSSR count). The van der Waals surface area contributed by atoms with Gasteiger partial charge in [0.1, 0.15) is 18.0 Å². The molecule has 2 unspecified atom stereocenters. The van der Waals surface area contributed by atoms with Crippen LogP contribution >= 0.6 is 0 Å². The van der Waals surface area contributed by atoms with Gasteiger partial charge in [-0.05, 0) is 62.2 Å². The average Bonchev–Trinajstić information content (AvgIpc) is 3.07. The molecule has 6 nitrogen and oxygen atoms in total. The minimum absolute atomic E-state index is 0.121. The van der Waals surface area contributed by atoms with Crippen molar-refractivity contribution in [2.45, 2.75) is 12.2 Å². The molecule has 0 aliphatic rings. The molecular formula is C38H34N4O2. The highest BCUT2D eigenvalue weighted by atomic mass is 16.5. The molecule has 0 spiro atoms. The number of benzene rings is 5. The zero-order chi connectivity index (χ0) is 30.5. The number of methoxy groups -OCH3 is 2. The van der Waals surface area contributed by atoms with Gasteiger partial charge in [-0.15, -0.1) is 0 Å². The van der Waals surface area contributed by atoms with Crippen LogP contribution in [-0.4, -0.2) is 24.2 Å². The zero-order valence-electron chi connectivity index (χ0n) is 24.7. The van der Waals surface area contributed by atoms with Gasteiger partial charge in [0, 0.05) is 26.0 Å². The highest BCUT2D eigenvalue weighted by molar-refractivity contribution is 5.78. The Morgan fingerprint density at radius 2 is 1.07 bits per heavy atom. The lowest BCUT2D eigenvalue weighted by Crippen LogP contribution is -2.14. The first-order valence-corrected chi connectivity index (χ1v) is 14.4. The molecule has 1 heterocycles. The van der Waals surface area contributed by atoms with Gasteiger partial charge in [0.2, 0.25) is 5.95 Å². The molecule has 0 saturated carbocycles. The number of aromatic nitrogens is 2. The Bertz CT molecular complexity index is 1880. The van der Waals surface area contributed by atoms with E-state index in [0.717, 1.165) is 50.1 Å². The van der Waals surface area contributed by atoms with Crippen molar-refractivity contribution in [2.75, 3.05) is 25.7 Å². The first kappa shape index (κ1) is 28.8. The van der Waals surface area contributed by atoms with E-state index in [2.05, 4.69) is 88.8 Å². The van der Waals surface area contributed by atoms with Crippen LogP contribution in [0.1, 0.15) is 34.5 Å². The third-order valence-electron chi connectivity index (χ3n) is 7.88. The monoisotopic (exact) mass is 578 g/mol. The Morgan fingerprint density at radius 1 is 0.545 bits per heavy atom. The molecule has 0 aliphatic heterocycles. The lowest BCUT2D eigenvalue weighted by atomic mass is 9.84. The van der Waals surface area contributed by atoms with Gasteiger partial charge < -0.3 is 20.9 Å². The van der Waals surface area contributed by atoms with Crippen molar-refractivity contribution in [2.24, 2.45) is 0 Å². The highest BCUT2D eigenvalue weighted by Gasteiger charge is 2.28. The van der Waals surface area contributed by atoms with Crippen molar-refractivity contribution in [3.63, 3.8) is 0 Å². The normalized spacial score (nSPS) is 12.5. The Kier molecular flexibility index (Phi) is 8.46. The Hall–Kier alpha value is -5.30. The maximum atomic E-state index is 6.45. The topological polar surface area (TPSA) is 96.3 Å². The van der Waals surface area contributed by atoms with Crippen LogP contribution in [-0.2, 0) is 9.47 Å². The number of anilines is 2. The largest absolute Gasteiger partial charge is 0.383 e. The van der Waals surface area contributed by atoms with Crippen LogP contribution in [0.15, 0.2) is 134 Å². The van der Waals surface area contributed by atoms with Crippen molar-refractivity contribution in [3.8, 4) is 33.4 Å². The number of hydrogen-bond acceptors (Lipinski definition) is 6. The summed E-state index contributed by atoms with van der Waals surface area (Å²) >= 11 is 0. The second-order valence-electron chi connectivity index (χ2n) is 10.6. The third kappa shape index (κ3) is 5.81. The molecule has 4 N–H and O–H groups in total. The van der Waals surface area contributed by atoms with E-state index < -0.39 is 12.2 Å². The molecular weight excluding hydrogens is 544 g/mol. The van der Waals surface area contributed by atoms with E-state index in [4.69, 9.17) is 20.9 Å². The SMILES string of the molecule is COC(c1cccc(-c2ccccc2)c1)c1cccc(-c2cnc(N)nc2N)c1C(OC)c1cccc(-c2ccccc2)c1. The maximum absolute atomic E-state index is 6.45. The minimum Gasteiger partial charge on any atom is -0.383 e. The first-order valence-electron chi connectivity index (χ1n) is 14.4. The molecule has 0 bridgehead atoms. The Morgan fingerprint density at radius 3 is 1.61 bits per heavy atom.